The Kier molecular flexibility index (Phi) is 5.89. The van der Waals surface area contributed by atoms with Crippen LogP contribution in [0, 0.1) is 13.8 Å². The van der Waals surface area contributed by atoms with E-state index in [9.17, 15) is 4.79 Å². The lowest BCUT2D eigenvalue weighted by atomic mass is 9.86. The molecule has 3 heterocycles. The molecule has 5 nitrogen and oxygen atoms in total. The predicted octanol–water partition coefficient (Wildman–Crippen LogP) is 2.45. The van der Waals surface area contributed by atoms with Gasteiger partial charge in [-0.3, -0.25) is 9.69 Å². The van der Waals surface area contributed by atoms with E-state index in [1.54, 1.807) is 11.3 Å². The number of piperidine rings is 1. The van der Waals surface area contributed by atoms with Crippen LogP contribution in [-0.4, -0.2) is 54.2 Å². The summed E-state index contributed by atoms with van der Waals surface area (Å²) < 4.78 is 5.59. The molecule has 0 unspecified atom stereocenters. The van der Waals surface area contributed by atoms with Gasteiger partial charge in [0.15, 0.2) is 0 Å². The first kappa shape index (κ1) is 17.8. The number of carbonyl (C=O) groups excluding carboxylic acids is 1. The topological polar surface area (TPSA) is 54.5 Å². The number of hydrogen-bond donors (Lipinski definition) is 1. The maximum Gasteiger partial charge on any atom is 0.226 e. The Balaban J connectivity index is 1.60. The lowest BCUT2D eigenvalue weighted by Gasteiger charge is -2.48. The van der Waals surface area contributed by atoms with E-state index in [4.69, 9.17) is 4.74 Å². The van der Waals surface area contributed by atoms with Gasteiger partial charge in [0.1, 0.15) is 0 Å². The maximum atomic E-state index is 12.4. The van der Waals surface area contributed by atoms with Gasteiger partial charge in [0.05, 0.1) is 17.1 Å². The quantitative estimate of drug-likeness (QED) is 0.885. The van der Waals surface area contributed by atoms with Crippen molar-refractivity contribution in [2.75, 3.05) is 32.8 Å². The van der Waals surface area contributed by atoms with Gasteiger partial charge in [-0.1, -0.05) is 6.42 Å². The molecule has 1 amide bonds. The van der Waals surface area contributed by atoms with E-state index in [-0.39, 0.29) is 11.4 Å². The Morgan fingerprint density at radius 2 is 1.96 bits per heavy atom. The summed E-state index contributed by atoms with van der Waals surface area (Å²) in [6.45, 7) is 8.68. The first-order chi connectivity index (χ1) is 11.6. The molecule has 0 aliphatic carbocycles. The van der Waals surface area contributed by atoms with Gasteiger partial charge in [0.2, 0.25) is 5.91 Å². The molecule has 134 valence electrons. The van der Waals surface area contributed by atoms with Crippen molar-refractivity contribution in [3.8, 4) is 0 Å². The van der Waals surface area contributed by atoms with Crippen LogP contribution in [0.5, 0.6) is 0 Å². The molecule has 0 spiro atoms. The molecule has 24 heavy (non-hydrogen) atoms. The summed E-state index contributed by atoms with van der Waals surface area (Å²) in [7, 11) is 0. The van der Waals surface area contributed by atoms with Crippen molar-refractivity contribution in [1.29, 1.82) is 0 Å². The SMILES string of the molecule is Cc1nc(CC(=O)NCC2(N3CCCCC3)CCOCC2)c(C)s1. The minimum Gasteiger partial charge on any atom is -0.381 e. The molecule has 0 radical (unpaired) electrons. The summed E-state index contributed by atoms with van der Waals surface area (Å²) in [5, 5.41) is 4.24. The van der Waals surface area contributed by atoms with Crippen molar-refractivity contribution in [1.82, 2.24) is 15.2 Å². The summed E-state index contributed by atoms with van der Waals surface area (Å²) in [5.41, 5.74) is 1.01. The predicted molar refractivity (Wildman–Crippen MR) is 96.5 cm³/mol. The summed E-state index contributed by atoms with van der Waals surface area (Å²) in [6.07, 6.45) is 6.30. The molecule has 2 aliphatic rings. The Hall–Kier alpha value is -0.980. The molecule has 3 rings (SSSR count). The van der Waals surface area contributed by atoms with E-state index in [1.165, 1.54) is 19.3 Å². The first-order valence-corrected chi connectivity index (χ1v) is 9.93. The van der Waals surface area contributed by atoms with Crippen LogP contribution in [0.2, 0.25) is 0 Å². The number of likely N-dealkylation sites (tertiary alicyclic amines) is 1. The highest BCUT2D eigenvalue weighted by Crippen LogP contribution is 2.30. The average Bonchev–Trinajstić information content (AvgIpc) is 2.92. The van der Waals surface area contributed by atoms with Gasteiger partial charge < -0.3 is 10.1 Å². The van der Waals surface area contributed by atoms with Crippen LogP contribution in [0.15, 0.2) is 0 Å². The zero-order valence-electron chi connectivity index (χ0n) is 14.9. The molecule has 1 aromatic rings. The molecule has 1 N–H and O–H groups in total. The van der Waals surface area contributed by atoms with Crippen LogP contribution >= 0.6 is 11.3 Å². The van der Waals surface area contributed by atoms with Crippen LogP contribution in [0.3, 0.4) is 0 Å². The second kappa shape index (κ2) is 7.93. The monoisotopic (exact) mass is 351 g/mol. The zero-order chi connectivity index (χ0) is 17.0. The smallest absolute Gasteiger partial charge is 0.226 e. The number of hydrogen-bond acceptors (Lipinski definition) is 5. The molecular formula is C18H29N3O2S. The fourth-order valence-electron chi connectivity index (χ4n) is 3.94. The Labute approximate surface area is 148 Å². The van der Waals surface area contributed by atoms with E-state index in [2.05, 4.69) is 15.2 Å². The molecule has 2 fully saturated rings. The van der Waals surface area contributed by atoms with Crippen molar-refractivity contribution in [2.45, 2.75) is 57.9 Å². The molecule has 0 saturated carbocycles. The molecular weight excluding hydrogens is 322 g/mol. The van der Waals surface area contributed by atoms with Crippen LogP contribution in [-0.2, 0) is 16.0 Å². The molecule has 0 aromatic carbocycles. The Morgan fingerprint density at radius 1 is 1.25 bits per heavy atom. The second-order valence-corrected chi connectivity index (χ2v) is 8.48. The minimum atomic E-state index is 0.0847. The third-order valence-electron chi connectivity index (χ3n) is 5.39. The molecule has 0 bridgehead atoms. The number of carbonyl (C=O) groups is 1. The van der Waals surface area contributed by atoms with Gasteiger partial charge >= 0.3 is 0 Å². The molecule has 0 atom stereocenters. The lowest BCUT2D eigenvalue weighted by Crippen LogP contribution is -2.59. The van der Waals surface area contributed by atoms with Crippen molar-refractivity contribution < 1.29 is 9.53 Å². The van der Waals surface area contributed by atoms with Gasteiger partial charge in [0.25, 0.3) is 0 Å². The van der Waals surface area contributed by atoms with E-state index in [0.29, 0.717) is 6.42 Å². The third-order valence-corrected chi connectivity index (χ3v) is 6.32. The highest BCUT2D eigenvalue weighted by Gasteiger charge is 2.39. The minimum absolute atomic E-state index is 0.0847. The number of aromatic nitrogens is 1. The van der Waals surface area contributed by atoms with E-state index in [1.807, 2.05) is 13.8 Å². The largest absolute Gasteiger partial charge is 0.381 e. The molecule has 1 aromatic heterocycles. The first-order valence-electron chi connectivity index (χ1n) is 9.11. The van der Waals surface area contributed by atoms with Gasteiger partial charge in [0, 0.05) is 30.2 Å². The Bertz CT molecular complexity index is 561. The molecule has 2 aliphatic heterocycles. The van der Waals surface area contributed by atoms with E-state index in [0.717, 1.165) is 61.3 Å². The normalized spacial score (nSPS) is 21.6. The van der Waals surface area contributed by atoms with E-state index >= 15 is 0 Å². The zero-order valence-corrected chi connectivity index (χ0v) is 15.7. The van der Waals surface area contributed by atoms with Crippen LogP contribution < -0.4 is 5.32 Å². The van der Waals surface area contributed by atoms with Gasteiger partial charge in [-0.05, 0) is 52.6 Å². The van der Waals surface area contributed by atoms with Gasteiger partial charge in [-0.25, -0.2) is 4.98 Å². The number of ether oxygens (including phenoxy) is 1. The molecule has 2 saturated heterocycles. The Morgan fingerprint density at radius 3 is 2.58 bits per heavy atom. The number of amides is 1. The highest BCUT2D eigenvalue weighted by molar-refractivity contribution is 7.11. The summed E-state index contributed by atoms with van der Waals surface area (Å²) in [4.78, 5) is 20.7. The fraction of sp³-hybridized carbons (Fsp3) is 0.778. The van der Waals surface area contributed by atoms with Gasteiger partial charge in [-0.2, -0.15) is 0 Å². The van der Waals surface area contributed by atoms with Gasteiger partial charge in [-0.15, -0.1) is 11.3 Å². The van der Waals surface area contributed by atoms with Crippen LogP contribution in [0.25, 0.3) is 0 Å². The molecule has 6 heteroatoms. The summed E-state index contributed by atoms with van der Waals surface area (Å²) >= 11 is 1.66. The number of nitrogens with zero attached hydrogens (tertiary/aromatic N) is 2. The summed E-state index contributed by atoms with van der Waals surface area (Å²) in [5.74, 6) is 0.0891. The lowest BCUT2D eigenvalue weighted by molar-refractivity contribution is -0.122. The highest BCUT2D eigenvalue weighted by atomic mass is 32.1. The van der Waals surface area contributed by atoms with Crippen molar-refractivity contribution in [3.63, 3.8) is 0 Å². The van der Waals surface area contributed by atoms with Crippen molar-refractivity contribution in [2.24, 2.45) is 0 Å². The van der Waals surface area contributed by atoms with Crippen molar-refractivity contribution >= 4 is 17.2 Å². The van der Waals surface area contributed by atoms with E-state index < -0.39 is 0 Å². The number of thiazole rings is 1. The fourth-order valence-corrected chi connectivity index (χ4v) is 4.77. The number of aryl methyl sites for hydroxylation is 2. The number of rotatable bonds is 5. The van der Waals surface area contributed by atoms with Crippen molar-refractivity contribution in [3.05, 3.63) is 15.6 Å². The van der Waals surface area contributed by atoms with Crippen LogP contribution in [0.1, 0.15) is 47.7 Å². The average molecular weight is 352 g/mol. The maximum absolute atomic E-state index is 12.4. The third kappa shape index (κ3) is 4.16. The van der Waals surface area contributed by atoms with Crippen LogP contribution in [0.4, 0.5) is 0 Å². The number of nitrogens with one attached hydrogen (secondary N) is 1. The standard InChI is InChI=1S/C18H29N3O2S/c1-14-16(20-15(2)24-14)12-17(22)19-13-18(6-10-23-11-7-18)21-8-4-3-5-9-21/h3-13H2,1-2H3,(H,19,22). The summed E-state index contributed by atoms with van der Waals surface area (Å²) in [6, 6.07) is 0. The second-order valence-electron chi connectivity index (χ2n) is 7.07.